The van der Waals surface area contributed by atoms with Crippen LogP contribution in [0.3, 0.4) is 0 Å². The number of hydrogen-bond acceptors (Lipinski definition) is 6. The second-order valence-corrected chi connectivity index (χ2v) is 7.60. The van der Waals surface area contributed by atoms with Gasteiger partial charge in [0.15, 0.2) is 8.68 Å². The molecule has 3 rings (SSSR count). The zero-order valence-electron chi connectivity index (χ0n) is 10.1. The molecule has 2 amide bonds. The van der Waals surface area contributed by atoms with Crippen molar-refractivity contribution in [2.24, 2.45) is 0 Å². The molecule has 0 bridgehead atoms. The van der Waals surface area contributed by atoms with Gasteiger partial charge in [-0.2, -0.15) is 0 Å². The van der Waals surface area contributed by atoms with Gasteiger partial charge in [-0.15, -0.1) is 0 Å². The molecule has 1 aromatic heterocycles. The molecular weight excluding hydrogens is 338 g/mol. The first kappa shape index (κ1) is 14.0. The summed E-state index contributed by atoms with van der Waals surface area (Å²) in [5, 5.41) is 2.13. The van der Waals surface area contributed by atoms with Gasteiger partial charge in [0, 0.05) is 5.69 Å². The third-order valence-corrected chi connectivity index (χ3v) is 5.67. The van der Waals surface area contributed by atoms with Crippen LogP contribution in [0.2, 0.25) is 4.47 Å². The quantitative estimate of drug-likeness (QED) is 0.821. The maximum atomic E-state index is 12.1. The summed E-state index contributed by atoms with van der Waals surface area (Å²) in [6.45, 7) is 0. The number of nitrogens with one attached hydrogen (secondary N) is 2. The third kappa shape index (κ3) is 2.50. The second-order valence-electron chi connectivity index (χ2n) is 4.08. The van der Waals surface area contributed by atoms with Gasteiger partial charge >= 0.3 is 0 Å². The molecule has 108 valence electrons. The van der Waals surface area contributed by atoms with Crippen LogP contribution < -0.4 is 10.0 Å². The Kier molecular flexibility index (Phi) is 3.19. The maximum absolute atomic E-state index is 12.1. The Morgan fingerprint density at radius 1 is 1.19 bits per heavy atom. The topological polar surface area (TPSA) is 105 Å². The molecule has 0 radical (unpaired) electrons. The van der Waals surface area contributed by atoms with E-state index in [0.29, 0.717) is 0 Å². The number of thiazole rings is 1. The van der Waals surface area contributed by atoms with Gasteiger partial charge in [-0.05, 0) is 18.2 Å². The van der Waals surface area contributed by atoms with Crippen molar-refractivity contribution in [1.82, 2.24) is 10.3 Å². The van der Waals surface area contributed by atoms with Crippen LogP contribution in [0.25, 0.3) is 0 Å². The fraction of sp³-hybridized carbons (Fsp3) is 0. The zero-order chi connectivity index (χ0) is 15.2. The van der Waals surface area contributed by atoms with Crippen LogP contribution in [0.1, 0.15) is 20.7 Å². The first-order valence-corrected chi connectivity index (χ1v) is 8.18. The van der Waals surface area contributed by atoms with Crippen LogP contribution in [0.15, 0.2) is 28.6 Å². The Morgan fingerprint density at radius 2 is 1.90 bits per heavy atom. The number of amides is 2. The maximum Gasteiger partial charge on any atom is 0.273 e. The molecule has 0 saturated carbocycles. The molecule has 0 aliphatic carbocycles. The van der Waals surface area contributed by atoms with E-state index in [1.807, 2.05) is 0 Å². The van der Waals surface area contributed by atoms with Gasteiger partial charge in [-0.1, -0.05) is 22.9 Å². The van der Waals surface area contributed by atoms with Crippen LogP contribution in [-0.2, 0) is 10.0 Å². The summed E-state index contributed by atoms with van der Waals surface area (Å²) >= 11 is 6.42. The van der Waals surface area contributed by atoms with E-state index in [1.54, 1.807) is 0 Å². The average molecular weight is 344 g/mol. The number of sulfonamides is 1. The lowest BCUT2D eigenvalue weighted by Crippen LogP contribution is -2.19. The monoisotopic (exact) mass is 343 g/mol. The summed E-state index contributed by atoms with van der Waals surface area (Å²) in [6, 6.07) is 4.08. The van der Waals surface area contributed by atoms with Crippen molar-refractivity contribution in [3.05, 3.63) is 40.0 Å². The van der Waals surface area contributed by atoms with Crippen LogP contribution in [0, 0.1) is 0 Å². The van der Waals surface area contributed by atoms with Gasteiger partial charge in [0.2, 0.25) is 0 Å². The molecule has 0 saturated heterocycles. The summed E-state index contributed by atoms with van der Waals surface area (Å²) in [7, 11) is -3.84. The molecule has 21 heavy (non-hydrogen) atoms. The molecular formula is C11H6ClN3O4S2. The first-order chi connectivity index (χ1) is 9.87. The van der Waals surface area contributed by atoms with Crippen LogP contribution in [0.5, 0.6) is 0 Å². The average Bonchev–Trinajstić information content (AvgIpc) is 2.95. The second kappa shape index (κ2) is 4.79. The molecule has 0 fully saturated rings. The fourth-order valence-corrected chi connectivity index (χ4v) is 4.14. The standard InChI is InChI=1S/C11H6ClN3O4S2/c12-11-13-4-8(20-11)21(18,19)15-5-1-2-6-7(3-5)10(17)14-9(6)16/h1-4,15H,(H,14,16,17). The van der Waals surface area contributed by atoms with Gasteiger partial charge in [0.1, 0.15) is 0 Å². The van der Waals surface area contributed by atoms with Crippen molar-refractivity contribution < 1.29 is 18.0 Å². The third-order valence-electron chi connectivity index (χ3n) is 2.71. The molecule has 0 spiro atoms. The summed E-state index contributed by atoms with van der Waals surface area (Å²) in [6.07, 6.45) is 1.14. The Hall–Kier alpha value is -1.97. The van der Waals surface area contributed by atoms with E-state index in [1.165, 1.54) is 18.2 Å². The van der Waals surface area contributed by atoms with Crippen molar-refractivity contribution in [1.29, 1.82) is 0 Å². The van der Waals surface area contributed by atoms with E-state index >= 15 is 0 Å². The van der Waals surface area contributed by atoms with E-state index in [4.69, 9.17) is 11.6 Å². The number of fused-ring (bicyclic) bond motifs is 1. The highest BCUT2D eigenvalue weighted by molar-refractivity contribution is 7.94. The Labute approximate surface area is 128 Å². The van der Waals surface area contributed by atoms with Crippen LogP contribution in [-0.4, -0.2) is 25.2 Å². The molecule has 2 N–H and O–H groups in total. The van der Waals surface area contributed by atoms with E-state index in [-0.39, 0.29) is 25.5 Å². The number of carbonyl (C=O) groups is 2. The normalized spacial score (nSPS) is 14.0. The molecule has 1 aliphatic heterocycles. The van der Waals surface area contributed by atoms with Crippen molar-refractivity contribution >= 4 is 50.5 Å². The minimum atomic E-state index is -3.84. The summed E-state index contributed by atoms with van der Waals surface area (Å²) in [4.78, 5) is 26.6. The molecule has 1 aromatic carbocycles. The van der Waals surface area contributed by atoms with Crippen molar-refractivity contribution in [3.63, 3.8) is 0 Å². The van der Waals surface area contributed by atoms with Gasteiger partial charge in [0.25, 0.3) is 21.8 Å². The molecule has 10 heteroatoms. The van der Waals surface area contributed by atoms with Gasteiger partial charge in [-0.3, -0.25) is 19.6 Å². The lowest BCUT2D eigenvalue weighted by Gasteiger charge is -2.06. The molecule has 7 nitrogen and oxygen atoms in total. The number of benzene rings is 1. The Bertz CT molecular complexity index is 875. The summed E-state index contributed by atoms with van der Waals surface area (Å²) < 4.78 is 26.6. The summed E-state index contributed by atoms with van der Waals surface area (Å²) in [5.41, 5.74) is 0.509. The number of hydrogen-bond donors (Lipinski definition) is 2. The zero-order valence-corrected chi connectivity index (χ0v) is 12.5. The SMILES string of the molecule is O=C1NC(=O)c2cc(NS(=O)(=O)c3cnc(Cl)s3)ccc21. The predicted octanol–water partition coefficient (Wildman–Crippen LogP) is 1.48. The highest BCUT2D eigenvalue weighted by Crippen LogP contribution is 2.26. The largest absolute Gasteiger partial charge is 0.288 e. The number of carbonyl (C=O) groups excluding carboxylic acids is 2. The lowest BCUT2D eigenvalue weighted by molar-refractivity contribution is 0.0879. The molecule has 2 heterocycles. The number of rotatable bonds is 3. The number of aromatic nitrogens is 1. The van der Waals surface area contributed by atoms with Crippen molar-refractivity contribution in [3.8, 4) is 0 Å². The van der Waals surface area contributed by atoms with E-state index < -0.39 is 21.8 Å². The van der Waals surface area contributed by atoms with Gasteiger partial charge < -0.3 is 0 Å². The van der Waals surface area contributed by atoms with E-state index in [2.05, 4.69) is 15.0 Å². The Balaban J connectivity index is 1.95. The van der Waals surface area contributed by atoms with Crippen LogP contribution in [0.4, 0.5) is 5.69 Å². The number of nitrogens with zero attached hydrogens (tertiary/aromatic N) is 1. The van der Waals surface area contributed by atoms with Gasteiger partial charge in [0.05, 0.1) is 17.3 Å². The van der Waals surface area contributed by atoms with Crippen LogP contribution >= 0.6 is 22.9 Å². The Morgan fingerprint density at radius 3 is 2.57 bits per heavy atom. The van der Waals surface area contributed by atoms with Crippen molar-refractivity contribution in [2.45, 2.75) is 4.21 Å². The molecule has 0 unspecified atom stereocenters. The molecule has 2 aromatic rings. The predicted molar refractivity (Wildman–Crippen MR) is 76.2 cm³/mol. The van der Waals surface area contributed by atoms with E-state index in [9.17, 15) is 18.0 Å². The molecule has 0 atom stereocenters. The van der Waals surface area contributed by atoms with Gasteiger partial charge in [-0.25, -0.2) is 13.4 Å². The fourth-order valence-electron chi connectivity index (χ4n) is 1.80. The van der Waals surface area contributed by atoms with Crippen molar-refractivity contribution in [2.75, 3.05) is 4.72 Å². The minimum Gasteiger partial charge on any atom is -0.288 e. The number of halogens is 1. The minimum absolute atomic E-state index is 0.0477. The van der Waals surface area contributed by atoms with E-state index in [0.717, 1.165) is 17.5 Å². The molecule has 1 aliphatic rings. The summed E-state index contributed by atoms with van der Waals surface area (Å²) in [5.74, 6) is -1.06. The number of anilines is 1. The highest BCUT2D eigenvalue weighted by atomic mass is 35.5. The lowest BCUT2D eigenvalue weighted by atomic mass is 10.1. The first-order valence-electron chi connectivity index (χ1n) is 5.51. The smallest absolute Gasteiger partial charge is 0.273 e. The number of imide groups is 1. The highest BCUT2D eigenvalue weighted by Gasteiger charge is 2.27.